The first kappa shape index (κ1) is 47.6. The molecule has 2 aliphatic rings. The molecule has 2 fully saturated rings. The Balaban J connectivity index is 0.000000151. The number of pyridine rings is 4. The highest BCUT2D eigenvalue weighted by Crippen LogP contribution is 2.38. The van der Waals surface area contributed by atoms with Crippen molar-refractivity contribution in [1.29, 1.82) is 0 Å². The number of aldehydes is 1. The topological polar surface area (TPSA) is 114 Å². The molecule has 6 heterocycles. The van der Waals surface area contributed by atoms with Gasteiger partial charge in [-0.1, -0.05) is 39.1 Å². The minimum absolute atomic E-state index is 0.372. The molecule has 4 aromatic carbocycles. The van der Waals surface area contributed by atoms with Gasteiger partial charge in [-0.2, -0.15) is 0 Å². The van der Waals surface area contributed by atoms with Crippen LogP contribution in [0.5, 0.6) is 0 Å². The lowest BCUT2D eigenvalue weighted by Crippen LogP contribution is -2.36. The van der Waals surface area contributed by atoms with Crippen LogP contribution in [-0.4, -0.2) is 83.9 Å². The van der Waals surface area contributed by atoms with Gasteiger partial charge >= 0.3 is 0 Å². The van der Waals surface area contributed by atoms with Crippen molar-refractivity contribution in [2.75, 3.05) is 62.4 Å². The third-order valence-corrected chi connectivity index (χ3v) is 12.5. The van der Waals surface area contributed by atoms with Crippen molar-refractivity contribution in [3.05, 3.63) is 176 Å². The van der Waals surface area contributed by atoms with Crippen LogP contribution in [0.3, 0.4) is 0 Å². The Morgan fingerprint density at radius 1 is 0.672 bits per heavy atom. The zero-order chi connectivity index (χ0) is 47.0. The smallest absolute Gasteiger partial charge is 0.151 e. The molecule has 1 unspecified atom stereocenters. The highest BCUT2D eigenvalue weighted by Gasteiger charge is 2.23. The predicted octanol–water partition coefficient (Wildman–Crippen LogP) is 11.8. The second-order valence-corrected chi connectivity index (χ2v) is 17.7. The summed E-state index contributed by atoms with van der Waals surface area (Å²) in [6, 6.07) is 27.7. The molecule has 67 heavy (non-hydrogen) atoms. The number of morpholine rings is 2. The van der Waals surface area contributed by atoms with Crippen LogP contribution >= 0.6 is 39.1 Å². The number of nitrogens with zero attached hydrogens (tertiary/aromatic N) is 6. The Morgan fingerprint density at radius 3 is 1.70 bits per heavy atom. The number of hydrogen-bond acceptors (Lipinski definition) is 10. The summed E-state index contributed by atoms with van der Waals surface area (Å²) in [5, 5.41) is 14.3. The van der Waals surface area contributed by atoms with E-state index in [-0.39, 0.29) is 11.6 Å². The van der Waals surface area contributed by atoms with E-state index in [4.69, 9.17) is 37.7 Å². The standard InChI is InChI=1S/C26H23ClFN3O2.C16H11FN2O.C10H11BrClNO/c1-16-24(26(32)18-11-19(27)13-21(12-18)31-7-9-33-10-8-31)22-5-4-20(28)14-23(22)30-25(16)17-3-2-6-29-15-17;1-10-14(9-20)13-5-4-12(17)7-15(13)19-16(10)11-3-2-6-18-8-11;11-8-5-9(12)7-10(6-8)13-1-3-14-4-2-13/h2-6,11-15,26,32H,7-10H2,1H3;2-9H,1H3;5-7H,1-4H2. The maximum atomic E-state index is 14.1. The average Bonchev–Trinajstić information content (AvgIpc) is 3.34. The molecular formula is C52H45BrCl2F2N6O4. The second kappa shape index (κ2) is 21.8. The van der Waals surface area contributed by atoms with Gasteiger partial charge in [-0.25, -0.2) is 18.7 Å². The third-order valence-electron chi connectivity index (χ3n) is 11.6. The van der Waals surface area contributed by atoms with Crippen molar-refractivity contribution in [3.63, 3.8) is 0 Å². The first-order valence-electron chi connectivity index (χ1n) is 21.5. The fourth-order valence-electron chi connectivity index (χ4n) is 8.26. The van der Waals surface area contributed by atoms with Gasteiger partial charge in [0.05, 0.1) is 48.8 Å². The highest BCUT2D eigenvalue weighted by atomic mass is 79.9. The molecule has 0 saturated carbocycles. The predicted molar refractivity (Wildman–Crippen MR) is 265 cm³/mol. The van der Waals surface area contributed by atoms with Crippen molar-refractivity contribution in [1.82, 2.24) is 19.9 Å². The van der Waals surface area contributed by atoms with E-state index in [2.05, 4.69) is 46.7 Å². The van der Waals surface area contributed by atoms with Crippen molar-refractivity contribution in [3.8, 4) is 22.5 Å². The molecule has 0 radical (unpaired) electrons. The maximum absolute atomic E-state index is 14.1. The van der Waals surface area contributed by atoms with E-state index >= 15 is 0 Å². The number of halogens is 5. The van der Waals surface area contributed by atoms with Gasteiger partial charge in [0.15, 0.2) is 6.29 Å². The molecule has 10 rings (SSSR count). The Hall–Kier alpha value is -5.93. The number of benzene rings is 4. The third kappa shape index (κ3) is 11.3. The molecule has 10 nitrogen and oxygen atoms in total. The summed E-state index contributed by atoms with van der Waals surface area (Å²) in [7, 11) is 0. The molecule has 8 aromatic rings. The summed E-state index contributed by atoms with van der Waals surface area (Å²) in [6.45, 7) is 10.0. The highest BCUT2D eigenvalue weighted by molar-refractivity contribution is 9.10. The lowest BCUT2D eigenvalue weighted by Gasteiger charge is -2.30. The SMILES string of the molecule is Cc1c(-c2cccnc2)nc2cc(F)ccc2c1C(O)c1cc(Cl)cc(N2CCOCC2)c1.Cc1c(-c2cccnc2)nc2cc(F)ccc2c1C=O.Clc1cc(Br)cc(N2CCOCC2)c1. The van der Waals surface area contributed by atoms with Gasteiger partial charge in [0.25, 0.3) is 0 Å². The van der Waals surface area contributed by atoms with Crippen LogP contribution in [0, 0.1) is 25.5 Å². The summed E-state index contributed by atoms with van der Waals surface area (Å²) in [5.74, 6) is -0.753. The fraction of sp³-hybridized carbons (Fsp3) is 0.212. The lowest BCUT2D eigenvalue weighted by atomic mass is 9.91. The van der Waals surface area contributed by atoms with Gasteiger partial charge in [0, 0.05) is 116 Å². The molecule has 0 amide bonds. The zero-order valence-corrected chi connectivity index (χ0v) is 39.7. The van der Waals surface area contributed by atoms with E-state index in [0.29, 0.717) is 68.1 Å². The number of aliphatic hydroxyl groups excluding tert-OH is 1. The Labute approximate surface area is 405 Å². The van der Waals surface area contributed by atoms with E-state index in [1.807, 2.05) is 56.3 Å². The molecular weight excluding hydrogens is 961 g/mol. The number of anilines is 2. The monoisotopic (exact) mass is 1000 g/mol. The summed E-state index contributed by atoms with van der Waals surface area (Å²) in [5.41, 5.74) is 9.42. The van der Waals surface area contributed by atoms with Crippen LogP contribution in [0.1, 0.15) is 38.7 Å². The van der Waals surface area contributed by atoms with Crippen LogP contribution in [0.15, 0.2) is 126 Å². The van der Waals surface area contributed by atoms with E-state index in [1.54, 1.807) is 49.1 Å². The van der Waals surface area contributed by atoms with E-state index in [1.165, 1.54) is 24.3 Å². The number of rotatable bonds is 7. The number of hydrogen-bond donors (Lipinski definition) is 1. The summed E-state index contributed by atoms with van der Waals surface area (Å²) in [4.78, 5) is 33.3. The van der Waals surface area contributed by atoms with Crippen LogP contribution < -0.4 is 9.80 Å². The minimum atomic E-state index is -0.977. The average molecular weight is 1010 g/mol. The van der Waals surface area contributed by atoms with Crippen molar-refractivity contribution in [2.45, 2.75) is 20.0 Å². The molecule has 0 spiro atoms. The first-order chi connectivity index (χ1) is 32.5. The largest absolute Gasteiger partial charge is 0.384 e. The quantitative estimate of drug-likeness (QED) is 0.155. The maximum Gasteiger partial charge on any atom is 0.151 e. The van der Waals surface area contributed by atoms with Crippen molar-refractivity contribution in [2.24, 2.45) is 0 Å². The Bertz CT molecular complexity index is 3010. The number of fused-ring (bicyclic) bond motifs is 2. The molecule has 4 aromatic heterocycles. The normalized spacial score (nSPS) is 14.2. The van der Waals surface area contributed by atoms with E-state index < -0.39 is 6.10 Å². The second-order valence-electron chi connectivity index (χ2n) is 15.9. The summed E-state index contributed by atoms with van der Waals surface area (Å²) in [6.07, 6.45) is 6.56. The van der Waals surface area contributed by atoms with Crippen LogP contribution in [0.4, 0.5) is 20.2 Å². The van der Waals surface area contributed by atoms with Crippen LogP contribution in [-0.2, 0) is 9.47 Å². The number of carbonyl (C=O) groups is 1. The lowest BCUT2D eigenvalue weighted by molar-refractivity contribution is 0.112. The zero-order valence-electron chi connectivity index (χ0n) is 36.6. The number of aromatic nitrogens is 4. The van der Waals surface area contributed by atoms with Crippen molar-refractivity contribution >= 4 is 78.6 Å². The van der Waals surface area contributed by atoms with Gasteiger partial charge in [0.2, 0.25) is 0 Å². The number of aliphatic hydroxyl groups is 1. The molecule has 1 N–H and O–H groups in total. The van der Waals surface area contributed by atoms with Gasteiger partial charge in [0.1, 0.15) is 17.7 Å². The summed E-state index contributed by atoms with van der Waals surface area (Å²) >= 11 is 15.9. The van der Waals surface area contributed by atoms with Crippen LogP contribution in [0.25, 0.3) is 44.3 Å². The minimum Gasteiger partial charge on any atom is -0.384 e. The molecule has 0 bridgehead atoms. The van der Waals surface area contributed by atoms with Gasteiger partial charge < -0.3 is 24.4 Å². The number of ether oxygens (including phenoxy) is 2. The van der Waals surface area contributed by atoms with Gasteiger partial charge in [-0.05, 0) is 121 Å². The molecule has 342 valence electrons. The Kier molecular flexibility index (Phi) is 15.5. The van der Waals surface area contributed by atoms with E-state index in [9.17, 15) is 18.7 Å². The molecule has 2 aliphatic heterocycles. The van der Waals surface area contributed by atoms with Crippen molar-refractivity contribution < 1.29 is 28.2 Å². The van der Waals surface area contributed by atoms with E-state index in [0.717, 1.165) is 88.8 Å². The molecule has 1 atom stereocenters. The Morgan fingerprint density at radius 2 is 1.18 bits per heavy atom. The number of carbonyl (C=O) groups excluding carboxylic acids is 1. The molecule has 0 aliphatic carbocycles. The van der Waals surface area contributed by atoms with Crippen LogP contribution in [0.2, 0.25) is 10.0 Å². The molecule has 15 heteroatoms. The first-order valence-corrected chi connectivity index (χ1v) is 23.1. The molecule has 2 saturated heterocycles. The fourth-order valence-corrected chi connectivity index (χ4v) is 9.34. The van der Waals surface area contributed by atoms with Gasteiger partial charge in [-0.3, -0.25) is 14.8 Å². The summed E-state index contributed by atoms with van der Waals surface area (Å²) < 4.78 is 39.2. The van der Waals surface area contributed by atoms with Gasteiger partial charge in [-0.15, -0.1) is 0 Å².